The highest BCUT2D eigenvalue weighted by Crippen LogP contribution is 2.05. The molecule has 1 heterocycles. The monoisotopic (exact) mass is 156 g/mol. The maximum Gasteiger partial charge on any atom is 0.125 e. The molecule has 0 bridgehead atoms. The number of hydrogen-bond donors (Lipinski definition) is 0. The molecule has 1 aromatic heterocycles. The van der Waals surface area contributed by atoms with E-state index in [-0.39, 0.29) is 0 Å². The first-order valence-corrected chi connectivity index (χ1v) is 3.62. The van der Waals surface area contributed by atoms with E-state index in [1.807, 2.05) is 13.8 Å². The molecule has 0 aliphatic heterocycles. The Labute approximate surface area is 65.3 Å². The zero-order valence-corrected chi connectivity index (χ0v) is 6.81. The molecule has 0 aromatic carbocycles. The van der Waals surface area contributed by atoms with Crippen LogP contribution in [0.1, 0.15) is 17.1 Å². The molecule has 0 unspecified atom stereocenters. The largest absolute Gasteiger partial charge is 0.241 e. The van der Waals surface area contributed by atoms with Crippen molar-refractivity contribution in [3.63, 3.8) is 0 Å². The summed E-state index contributed by atoms with van der Waals surface area (Å²) in [6.45, 7) is 3.80. The summed E-state index contributed by atoms with van der Waals surface area (Å²) in [5.41, 5.74) is 1.98. The summed E-state index contributed by atoms with van der Waals surface area (Å²) in [6, 6.07) is 0. The van der Waals surface area contributed by atoms with Gasteiger partial charge in [-0.25, -0.2) is 9.97 Å². The van der Waals surface area contributed by atoms with E-state index < -0.39 is 0 Å². The Hall–Kier alpha value is -0.630. The fourth-order valence-electron chi connectivity index (χ4n) is 0.739. The molecular formula is C7H9ClN2. The Bertz CT molecular complexity index is 235. The first-order valence-electron chi connectivity index (χ1n) is 3.09. The lowest BCUT2D eigenvalue weighted by molar-refractivity contribution is 0.980. The van der Waals surface area contributed by atoms with Gasteiger partial charge in [0.25, 0.3) is 0 Å². The fraction of sp³-hybridized carbons (Fsp3) is 0.429. The van der Waals surface area contributed by atoms with Gasteiger partial charge in [0.2, 0.25) is 0 Å². The standard InChI is InChI=1S/C7H9ClN2/c1-5-7(3-8)4-9-6(2)10-5/h4H,3H2,1-2H3. The second-order valence-electron chi connectivity index (χ2n) is 2.16. The molecule has 0 fully saturated rings. The molecule has 0 aliphatic carbocycles. The number of rotatable bonds is 1. The summed E-state index contributed by atoms with van der Waals surface area (Å²) in [6.07, 6.45) is 1.77. The fourth-order valence-corrected chi connectivity index (χ4v) is 1.00. The first kappa shape index (κ1) is 7.48. The van der Waals surface area contributed by atoms with E-state index in [1.54, 1.807) is 6.20 Å². The lowest BCUT2D eigenvalue weighted by atomic mass is 10.3. The maximum atomic E-state index is 5.60. The number of aryl methyl sites for hydroxylation is 2. The lowest BCUT2D eigenvalue weighted by Gasteiger charge is -1.99. The molecule has 0 N–H and O–H groups in total. The number of alkyl halides is 1. The van der Waals surface area contributed by atoms with Crippen LogP contribution in [0.15, 0.2) is 6.20 Å². The zero-order chi connectivity index (χ0) is 7.56. The van der Waals surface area contributed by atoms with E-state index in [0.717, 1.165) is 17.1 Å². The van der Waals surface area contributed by atoms with E-state index in [2.05, 4.69) is 9.97 Å². The average molecular weight is 157 g/mol. The summed E-state index contributed by atoms with van der Waals surface area (Å²) in [5, 5.41) is 0. The molecule has 0 radical (unpaired) electrons. The van der Waals surface area contributed by atoms with E-state index in [0.29, 0.717) is 5.88 Å². The predicted molar refractivity (Wildman–Crippen MR) is 41.1 cm³/mol. The van der Waals surface area contributed by atoms with Crippen LogP contribution in [0, 0.1) is 13.8 Å². The Morgan fingerprint density at radius 2 is 2.20 bits per heavy atom. The maximum absolute atomic E-state index is 5.60. The number of nitrogens with zero attached hydrogens (tertiary/aromatic N) is 2. The van der Waals surface area contributed by atoms with Gasteiger partial charge in [-0.2, -0.15) is 0 Å². The molecule has 0 saturated heterocycles. The number of aromatic nitrogens is 2. The van der Waals surface area contributed by atoms with Crippen molar-refractivity contribution in [3.05, 3.63) is 23.3 Å². The minimum Gasteiger partial charge on any atom is -0.241 e. The van der Waals surface area contributed by atoms with E-state index in [1.165, 1.54) is 0 Å². The van der Waals surface area contributed by atoms with Gasteiger partial charge in [0.1, 0.15) is 5.82 Å². The third-order valence-electron chi connectivity index (χ3n) is 1.35. The Balaban J connectivity index is 3.07. The van der Waals surface area contributed by atoms with E-state index in [4.69, 9.17) is 11.6 Å². The van der Waals surface area contributed by atoms with Gasteiger partial charge in [-0.15, -0.1) is 11.6 Å². The smallest absolute Gasteiger partial charge is 0.125 e. The van der Waals surface area contributed by atoms with Crippen molar-refractivity contribution in [2.24, 2.45) is 0 Å². The number of halogens is 1. The van der Waals surface area contributed by atoms with Crippen molar-refractivity contribution in [2.75, 3.05) is 0 Å². The van der Waals surface area contributed by atoms with Crippen LogP contribution in [0.5, 0.6) is 0 Å². The summed E-state index contributed by atoms with van der Waals surface area (Å²) >= 11 is 5.60. The molecule has 1 rings (SSSR count). The van der Waals surface area contributed by atoms with Crippen molar-refractivity contribution >= 4 is 11.6 Å². The van der Waals surface area contributed by atoms with Gasteiger partial charge < -0.3 is 0 Å². The molecule has 10 heavy (non-hydrogen) atoms. The molecule has 0 atom stereocenters. The van der Waals surface area contributed by atoms with E-state index >= 15 is 0 Å². The highest BCUT2D eigenvalue weighted by molar-refractivity contribution is 6.17. The Morgan fingerprint density at radius 3 is 2.70 bits per heavy atom. The van der Waals surface area contributed by atoms with Gasteiger partial charge in [-0.05, 0) is 13.8 Å². The van der Waals surface area contributed by atoms with Crippen LogP contribution in [-0.4, -0.2) is 9.97 Å². The molecule has 3 heteroatoms. The van der Waals surface area contributed by atoms with Crippen molar-refractivity contribution in [1.29, 1.82) is 0 Å². The van der Waals surface area contributed by atoms with Crippen LogP contribution in [0.4, 0.5) is 0 Å². The Kier molecular flexibility index (Phi) is 2.22. The highest BCUT2D eigenvalue weighted by atomic mass is 35.5. The lowest BCUT2D eigenvalue weighted by Crippen LogP contribution is -1.94. The number of hydrogen-bond acceptors (Lipinski definition) is 2. The van der Waals surface area contributed by atoms with Gasteiger partial charge in [-0.3, -0.25) is 0 Å². The van der Waals surface area contributed by atoms with Gasteiger partial charge >= 0.3 is 0 Å². The van der Waals surface area contributed by atoms with Crippen LogP contribution in [0.3, 0.4) is 0 Å². The van der Waals surface area contributed by atoms with E-state index in [9.17, 15) is 0 Å². The summed E-state index contributed by atoms with van der Waals surface area (Å²) in [5.74, 6) is 1.29. The van der Waals surface area contributed by atoms with Crippen molar-refractivity contribution in [1.82, 2.24) is 9.97 Å². The molecule has 0 aliphatic rings. The van der Waals surface area contributed by atoms with Crippen LogP contribution in [0.25, 0.3) is 0 Å². The minimum absolute atomic E-state index is 0.492. The molecule has 0 spiro atoms. The molecule has 2 nitrogen and oxygen atoms in total. The molecule has 1 aromatic rings. The summed E-state index contributed by atoms with van der Waals surface area (Å²) in [4.78, 5) is 8.16. The van der Waals surface area contributed by atoms with Crippen molar-refractivity contribution in [2.45, 2.75) is 19.7 Å². The van der Waals surface area contributed by atoms with Gasteiger partial charge in [-0.1, -0.05) is 0 Å². The Morgan fingerprint density at radius 1 is 1.50 bits per heavy atom. The quantitative estimate of drug-likeness (QED) is 0.580. The van der Waals surface area contributed by atoms with Crippen molar-refractivity contribution < 1.29 is 0 Å². The zero-order valence-electron chi connectivity index (χ0n) is 6.06. The van der Waals surface area contributed by atoms with Crippen LogP contribution in [0.2, 0.25) is 0 Å². The van der Waals surface area contributed by atoms with Crippen LogP contribution >= 0.6 is 11.6 Å². The molecule has 0 amide bonds. The molecular weight excluding hydrogens is 148 g/mol. The highest BCUT2D eigenvalue weighted by Gasteiger charge is 1.97. The third kappa shape index (κ3) is 1.45. The van der Waals surface area contributed by atoms with Crippen LogP contribution in [-0.2, 0) is 5.88 Å². The van der Waals surface area contributed by atoms with Crippen molar-refractivity contribution in [3.8, 4) is 0 Å². The van der Waals surface area contributed by atoms with Gasteiger partial charge in [0.05, 0.1) is 5.88 Å². The summed E-state index contributed by atoms with van der Waals surface area (Å²) < 4.78 is 0. The minimum atomic E-state index is 0.492. The molecule has 54 valence electrons. The predicted octanol–water partition coefficient (Wildman–Crippen LogP) is 1.83. The average Bonchev–Trinajstić information content (AvgIpc) is 1.88. The van der Waals surface area contributed by atoms with Gasteiger partial charge in [0, 0.05) is 17.5 Å². The summed E-state index contributed by atoms with van der Waals surface area (Å²) in [7, 11) is 0. The van der Waals surface area contributed by atoms with Crippen LogP contribution < -0.4 is 0 Å². The van der Waals surface area contributed by atoms with Gasteiger partial charge in [0.15, 0.2) is 0 Å². The second kappa shape index (κ2) is 2.97. The normalized spacial score (nSPS) is 9.90. The molecule has 0 saturated carbocycles. The second-order valence-corrected chi connectivity index (χ2v) is 2.43. The topological polar surface area (TPSA) is 25.8 Å². The third-order valence-corrected chi connectivity index (χ3v) is 1.63. The first-order chi connectivity index (χ1) is 4.74. The SMILES string of the molecule is Cc1ncc(CCl)c(C)n1.